The maximum atomic E-state index is 11.6. The molecule has 1 aliphatic heterocycles. The minimum Gasteiger partial charge on any atom is -0.334 e. The van der Waals surface area contributed by atoms with E-state index < -0.39 is 6.03 Å². The van der Waals surface area contributed by atoms with Crippen molar-refractivity contribution in [2.24, 2.45) is 11.7 Å². The predicted molar refractivity (Wildman–Crippen MR) is 77.2 cm³/mol. The lowest BCUT2D eigenvalue weighted by Gasteiger charge is -2.34. The summed E-state index contributed by atoms with van der Waals surface area (Å²) >= 11 is 0. The molecule has 0 spiro atoms. The van der Waals surface area contributed by atoms with Crippen molar-refractivity contribution in [1.29, 1.82) is 0 Å². The molecule has 6 nitrogen and oxygen atoms in total. The Morgan fingerprint density at radius 2 is 2.21 bits per heavy atom. The first-order valence-corrected chi connectivity index (χ1v) is 6.19. The van der Waals surface area contributed by atoms with Crippen LogP contribution in [0.4, 0.5) is 4.79 Å². The van der Waals surface area contributed by atoms with Crippen molar-refractivity contribution in [3.05, 3.63) is 12.7 Å². The second-order valence-corrected chi connectivity index (χ2v) is 4.71. The van der Waals surface area contributed by atoms with Gasteiger partial charge in [-0.25, -0.2) is 4.79 Å². The van der Waals surface area contributed by atoms with Crippen LogP contribution in [0.25, 0.3) is 0 Å². The van der Waals surface area contributed by atoms with E-state index in [4.69, 9.17) is 5.73 Å². The molecule has 0 aromatic carbocycles. The Kier molecular flexibility index (Phi) is 8.38. The summed E-state index contributed by atoms with van der Waals surface area (Å²) < 4.78 is 0. The number of urea groups is 1. The highest BCUT2D eigenvalue weighted by atomic mass is 35.5. The SMILES string of the molecule is C=CCNC(=O)NC(=O)CN1CCC(N)C(C)C1.Cl. The highest BCUT2D eigenvalue weighted by Gasteiger charge is 2.24. The molecule has 2 unspecified atom stereocenters. The van der Waals surface area contributed by atoms with E-state index in [2.05, 4.69) is 24.1 Å². The first kappa shape index (κ1) is 17.9. The van der Waals surface area contributed by atoms with Gasteiger partial charge in [0.15, 0.2) is 0 Å². The summed E-state index contributed by atoms with van der Waals surface area (Å²) in [5.41, 5.74) is 5.91. The topological polar surface area (TPSA) is 87.5 Å². The number of hydrogen-bond acceptors (Lipinski definition) is 4. The zero-order valence-electron chi connectivity index (χ0n) is 11.2. The largest absolute Gasteiger partial charge is 0.334 e. The van der Waals surface area contributed by atoms with E-state index in [-0.39, 0.29) is 30.9 Å². The highest BCUT2D eigenvalue weighted by molar-refractivity contribution is 5.95. The van der Waals surface area contributed by atoms with Gasteiger partial charge >= 0.3 is 6.03 Å². The standard InChI is InChI=1S/C12H22N4O2.ClH/c1-3-5-14-12(18)15-11(17)8-16-6-4-10(13)9(2)7-16;/h3,9-10H,1,4-8,13H2,2H3,(H2,14,15,17,18);1H. The zero-order valence-corrected chi connectivity index (χ0v) is 12.0. The van der Waals surface area contributed by atoms with E-state index in [0.717, 1.165) is 19.5 Å². The van der Waals surface area contributed by atoms with Gasteiger partial charge in [-0.2, -0.15) is 0 Å². The van der Waals surface area contributed by atoms with Crippen molar-refractivity contribution in [3.8, 4) is 0 Å². The quantitative estimate of drug-likeness (QED) is 0.640. The average molecular weight is 291 g/mol. The van der Waals surface area contributed by atoms with Gasteiger partial charge in [-0.15, -0.1) is 19.0 Å². The van der Waals surface area contributed by atoms with Crippen LogP contribution in [0.15, 0.2) is 12.7 Å². The van der Waals surface area contributed by atoms with Crippen LogP contribution in [0.2, 0.25) is 0 Å². The number of piperidine rings is 1. The molecule has 1 rings (SSSR count). The molecule has 0 bridgehead atoms. The number of nitrogens with two attached hydrogens (primary N) is 1. The molecule has 0 aromatic heterocycles. The van der Waals surface area contributed by atoms with Gasteiger partial charge in [0.1, 0.15) is 0 Å². The van der Waals surface area contributed by atoms with E-state index in [9.17, 15) is 9.59 Å². The normalized spacial score (nSPS) is 23.1. The average Bonchev–Trinajstić information content (AvgIpc) is 2.31. The maximum absolute atomic E-state index is 11.6. The number of rotatable bonds is 4. The molecule has 0 radical (unpaired) electrons. The summed E-state index contributed by atoms with van der Waals surface area (Å²) in [6.07, 6.45) is 2.44. The summed E-state index contributed by atoms with van der Waals surface area (Å²) in [5.74, 6) is 0.0837. The van der Waals surface area contributed by atoms with Gasteiger partial charge in [0.25, 0.3) is 0 Å². The minimum absolute atomic E-state index is 0. The van der Waals surface area contributed by atoms with E-state index >= 15 is 0 Å². The molecule has 4 N–H and O–H groups in total. The van der Waals surface area contributed by atoms with E-state index in [0.29, 0.717) is 12.5 Å². The lowest BCUT2D eigenvalue weighted by Crippen LogP contribution is -2.50. The molecule has 1 aliphatic rings. The molecule has 0 aromatic rings. The van der Waals surface area contributed by atoms with Crippen LogP contribution in [0.1, 0.15) is 13.3 Å². The van der Waals surface area contributed by atoms with Crippen LogP contribution in [0.3, 0.4) is 0 Å². The van der Waals surface area contributed by atoms with Gasteiger partial charge in [-0.1, -0.05) is 13.0 Å². The van der Waals surface area contributed by atoms with Gasteiger partial charge < -0.3 is 11.1 Å². The van der Waals surface area contributed by atoms with Gasteiger partial charge in [0.05, 0.1) is 6.54 Å². The van der Waals surface area contributed by atoms with Gasteiger partial charge in [0, 0.05) is 25.7 Å². The Morgan fingerprint density at radius 3 is 2.79 bits per heavy atom. The molecule has 1 fully saturated rings. The summed E-state index contributed by atoms with van der Waals surface area (Å²) in [6, 6.07) is -0.276. The first-order valence-electron chi connectivity index (χ1n) is 6.19. The third kappa shape index (κ3) is 6.56. The number of carbonyl (C=O) groups excluding carboxylic acids is 2. The molecular weight excluding hydrogens is 268 g/mol. The number of carbonyl (C=O) groups is 2. The fourth-order valence-corrected chi connectivity index (χ4v) is 1.97. The molecule has 2 atom stereocenters. The Balaban J connectivity index is 0.00000324. The highest BCUT2D eigenvalue weighted by Crippen LogP contribution is 2.14. The lowest BCUT2D eigenvalue weighted by molar-refractivity contribution is -0.121. The van der Waals surface area contributed by atoms with Crippen molar-refractivity contribution in [2.45, 2.75) is 19.4 Å². The Hall–Kier alpha value is -1.11. The number of likely N-dealkylation sites (tertiary alicyclic amines) is 1. The predicted octanol–water partition coefficient (Wildman–Crippen LogP) is 0.0891. The first-order chi connectivity index (χ1) is 8.52. The fraction of sp³-hybridized carbons (Fsp3) is 0.667. The van der Waals surface area contributed by atoms with Gasteiger partial charge in [-0.05, 0) is 12.3 Å². The number of halogens is 1. The summed E-state index contributed by atoms with van der Waals surface area (Å²) in [7, 11) is 0. The van der Waals surface area contributed by atoms with Crippen molar-refractivity contribution >= 4 is 24.3 Å². The van der Waals surface area contributed by atoms with Crippen LogP contribution < -0.4 is 16.4 Å². The molecule has 0 aliphatic carbocycles. The van der Waals surface area contributed by atoms with Crippen LogP contribution in [-0.4, -0.2) is 49.1 Å². The van der Waals surface area contributed by atoms with Crippen molar-refractivity contribution in [1.82, 2.24) is 15.5 Å². The van der Waals surface area contributed by atoms with Crippen molar-refractivity contribution in [3.63, 3.8) is 0 Å². The van der Waals surface area contributed by atoms with Crippen LogP contribution in [-0.2, 0) is 4.79 Å². The fourth-order valence-electron chi connectivity index (χ4n) is 1.97. The molecule has 110 valence electrons. The lowest BCUT2D eigenvalue weighted by atomic mass is 9.95. The van der Waals surface area contributed by atoms with E-state index in [1.807, 2.05) is 4.90 Å². The molecule has 7 heteroatoms. The third-order valence-corrected chi connectivity index (χ3v) is 3.08. The van der Waals surface area contributed by atoms with E-state index in [1.54, 1.807) is 6.08 Å². The van der Waals surface area contributed by atoms with Crippen molar-refractivity contribution < 1.29 is 9.59 Å². The smallest absolute Gasteiger partial charge is 0.321 e. The number of nitrogens with one attached hydrogen (secondary N) is 2. The van der Waals surface area contributed by atoms with E-state index in [1.165, 1.54) is 0 Å². The molecule has 3 amide bonds. The number of nitrogens with zero attached hydrogens (tertiary/aromatic N) is 1. The van der Waals surface area contributed by atoms with Crippen LogP contribution in [0, 0.1) is 5.92 Å². The molecule has 0 saturated carbocycles. The molecule has 19 heavy (non-hydrogen) atoms. The van der Waals surface area contributed by atoms with Crippen LogP contribution >= 0.6 is 12.4 Å². The Morgan fingerprint density at radius 1 is 1.53 bits per heavy atom. The molecule has 1 heterocycles. The third-order valence-electron chi connectivity index (χ3n) is 3.08. The number of amides is 3. The number of imide groups is 1. The Labute approximate surface area is 120 Å². The maximum Gasteiger partial charge on any atom is 0.321 e. The summed E-state index contributed by atoms with van der Waals surface area (Å²) in [6.45, 7) is 7.72. The Bertz CT molecular complexity index is 325. The second kappa shape index (κ2) is 8.90. The monoisotopic (exact) mass is 290 g/mol. The summed E-state index contributed by atoms with van der Waals surface area (Å²) in [5, 5.41) is 4.77. The molecule has 1 saturated heterocycles. The number of hydrogen-bond donors (Lipinski definition) is 3. The zero-order chi connectivity index (χ0) is 13.5. The van der Waals surface area contributed by atoms with Crippen LogP contribution in [0.5, 0.6) is 0 Å². The minimum atomic E-state index is -0.485. The second-order valence-electron chi connectivity index (χ2n) is 4.71. The van der Waals surface area contributed by atoms with Crippen molar-refractivity contribution in [2.75, 3.05) is 26.2 Å². The van der Waals surface area contributed by atoms with Gasteiger partial charge in [0.2, 0.25) is 5.91 Å². The van der Waals surface area contributed by atoms with Gasteiger partial charge in [-0.3, -0.25) is 15.0 Å². The molecular formula is C12H23ClN4O2. The summed E-state index contributed by atoms with van der Waals surface area (Å²) in [4.78, 5) is 24.9.